The van der Waals surface area contributed by atoms with Crippen molar-refractivity contribution in [3.8, 4) is 11.5 Å². The summed E-state index contributed by atoms with van der Waals surface area (Å²) >= 11 is 0. The van der Waals surface area contributed by atoms with Crippen molar-refractivity contribution < 1.29 is 18.7 Å². The van der Waals surface area contributed by atoms with Gasteiger partial charge in [-0.05, 0) is 43.2 Å². The van der Waals surface area contributed by atoms with Crippen LogP contribution < -0.4 is 9.47 Å². The molecule has 4 heteroatoms. The molecule has 2 aromatic rings. The van der Waals surface area contributed by atoms with Gasteiger partial charge in [0, 0.05) is 0 Å². The maximum atomic E-state index is 14.1. The van der Waals surface area contributed by atoms with Gasteiger partial charge in [0.2, 0.25) is 5.78 Å². The fourth-order valence-electron chi connectivity index (χ4n) is 2.40. The van der Waals surface area contributed by atoms with Gasteiger partial charge in [-0.1, -0.05) is 12.1 Å². The number of aryl methyl sites for hydroxylation is 2. The lowest BCUT2D eigenvalue weighted by Crippen LogP contribution is -2.10. The topological polar surface area (TPSA) is 35.5 Å². The lowest BCUT2D eigenvalue weighted by Gasteiger charge is -2.14. The van der Waals surface area contributed by atoms with Crippen LogP contribution in [0, 0.1) is 19.7 Å². The molecule has 110 valence electrons. The van der Waals surface area contributed by atoms with Crippen LogP contribution in [0.3, 0.4) is 0 Å². The number of hydrogen-bond acceptors (Lipinski definition) is 3. The minimum atomic E-state index is -0.610. The Morgan fingerprint density at radius 2 is 1.67 bits per heavy atom. The van der Waals surface area contributed by atoms with Crippen LogP contribution in [0.2, 0.25) is 0 Å². The Hall–Kier alpha value is -2.36. The third kappa shape index (κ3) is 2.75. The van der Waals surface area contributed by atoms with E-state index in [1.165, 1.54) is 26.4 Å². The van der Waals surface area contributed by atoms with E-state index in [4.69, 9.17) is 9.47 Å². The fourth-order valence-corrected chi connectivity index (χ4v) is 2.40. The van der Waals surface area contributed by atoms with Crippen LogP contribution in [-0.4, -0.2) is 20.0 Å². The van der Waals surface area contributed by atoms with Crippen molar-refractivity contribution in [2.24, 2.45) is 0 Å². The molecule has 0 aliphatic rings. The molecule has 0 N–H and O–H groups in total. The number of hydrogen-bond donors (Lipinski definition) is 0. The summed E-state index contributed by atoms with van der Waals surface area (Å²) in [6.45, 7) is 3.71. The molecule has 21 heavy (non-hydrogen) atoms. The van der Waals surface area contributed by atoms with Crippen molar-refractivity contribution in [1.29, 1.82) is 0 Å². The summed E-state index contributed by atoms with van der Waals surface area (Å²) in [7, 11) is 2.90. The van der Waals surface area contributed by atoms with E-state index in [0.717, 1.165) is 11.1 Å². The summed E-state index contributed by atoms with van der Waals surface area (Å²) in [6.07, 6.45) is 0. The fraction of sp³-hybridized carbons (Fsp3) is 0.235. The van der Waals surface area contributed by atoms with Gasteiger partial charge in [0.1, 0.15) is 22.9 Å². The minimum Gasteiger partial charge on any atom is -0.496 e. The van der Waals surface area contributed by atoms with Crippen molar-refractivity contribution in [1.82, 2.24) is 0 Å². The normalized spacial score (nSPS) is 10.3. The number of carbonyl (C=O) groups is 1. The van der Waals surface area contributed by atoms with Crippen molar-refractivity contribution in [2.45, 2.75) is 13.8 Å². The Bertz CT molecular complexity index is 693. The summed E-state index contributed by atoms with van der Waals surface area (Å²) in [5.41, 5.74) is 1.99. The highest BCUT2D eigenvalue weighted by molar-refractivity contribution is 6.13. The van der Waals surface area contributed by atoms with Gasteiger partial charge in [0.15, 0.2) is 0 Å². The highest BCUT2D eigenvalue weighted by atomic mass is 19.1. The van der Waals surface area contributed by atoms with E-state index < -0.39 is 11.6 Å². The third-order valence-corrected chi connectivity index (χ3v) is 3.31. The zero-order chi connectivity index (χ0) is 15.6. The number of ketones is 1. The zero-order valence-corrected chi connectivity index (χ0v) is 12.5. The average Bonchev–Trinajstić information content (AvgIpc) is 2.45. The second-order valence-electron chi connectivity index (χ2n) is 4.81. The molecule has 0 saturated carbocycles. The van der Waals surface area contributed by atoms with Gasteiger partial charge in [0.05, 0.1) is 19.8 Å². The summed E-state index contributed by atoms with van der Waals surface area (Å²) in [5, 5.41) is 0. The smallest absolute Gasteiger partial charge is 0.203 e. The van der Waals surface area contributed by atoms with E-state index in [1.54, 1.807) is 19.1 Å². The molecule has 0 radical (unpaired) electrons. The Labute approximate surface area is 123 Å². The number of benzene rings is 2. The van der Waals surface area contributed by atoms with Gasteiger partial charge in [0.25, 0.3) is 0 Å². The van der Waals surface area contributed by atoms with Crippen LogP contribution in [0.5, 0.6) is 11.5 Å². The summed E-state index contributed by atoms with van der Waals surface area (Å²) in [4.78, 5) is 12.8. The second kappa shape index (κ2) is 5.95. The van der Waals surface area contributed by atoms with Gasteiger partial charge in [-0.15, -0.1) is 0 Å². The Balaban J connectivity index is 2.66. The molecule has 0 heterocycles. The van der Waals surface area contributed by atoms with E-state index in [1.807, 2.05) is 13.0 Å². The molecule has 2 aromatic carbocycles. The molecule has 0 atom stereocenters. The van der Waals surface area contributed by atoms with Crippen molar-refractivity contribution >= 4 is 5.78 Å². The molecule has 2 rings (SSSR count). The predicted molar refractivity (Wildman–Crippen MR) is 78.9 cm³/mol. The van der Waals surface area contributed by atoms with Crippen LogP contribution in [0.4, 0.5) is 4.39 Å². The Kier molecular flexibility index (Phi) is 4.26. The molecule has 0 aliphatic heterocycles. The molecule has 0 aliphatic carbocycles. The Morgan fingerprint density at radius 1 is 1.00 bits per heavy atom. The molecule has 0 unspecified atom stereocenters. The number of halogens is 1. The van der Waals surface area contributed by atoms with Crippen LogP contribution in [0.15, 0.2) is 30.3 Å². The first-order valence-corrected chi connectivity index (χ1v) is 6.52. The molecular weight excluding hydrogens is 271 g/mol. The van der Waals surface area contributed by atoms with Crippen LogP contribution in [0.1, 0.15) is 27.0 Å². The van der Waals surface area contributed by atoms with Crippen molar-refractivity contribution in [3.63, 3.8) is 0 Å². The first-order valence-electron chi connectivity index (χ1n) is 6.52. The third-order valence-electron chi connectivity index (χ3n) is 3.31. The molecule has 0 bridgehead atoms. The molecule has 0 saturated heterocycles. The number of ether oxygens (including phenoxy) is 2. The molecule has 0 amide bonds. The van der Waals surface area contributed by atoms with Crippen LogP contribution >= 0.6 is 0 Å². The van der Waals surface area contributed by atoms with E-state index in [2.05, 4.69) is 0 Å². The van der Waals surface area contributed by atoms with E-state index in [-0.39, 0.29) is 11.3 Å². The number of carbonyl (C=O) groups excluding carboxylic acids is 1. The van der Waals surface area contributed by atoms with Crippen molar-refractivity contribution in [3.05, 3.63) is 58.4 Å². The minimum absolute atomic E-state index is 0.0785. The molecular formula is C17H17FO3. The largest absolute Gasteiger partial charge is 0.496 e. The lowest BCUT2D eigenvalue weighted by atomic mass is 9.95. The first-order chi connectivity index (χ1) is 9.99. The van der Waals surface area contributed by atoms with Gasteiger partial charge < -0.3 is 9.47 Å². The molecule has 0 spiro atoms. The first kappa shape index (κ1) is 15.0. The zero-order valence-electron chi connectivity index (χ0n) is 12.5. The number of methoxy groups -OCH3 is 2. The maximum Gasteiger partial charge on any atom is 0.203 e. The monoisotopic (exact) mass is 288 g/mol. The standard InChI is InChI=1S/C17H17FO3/c1-10-8-11(2)15(14(9-10)21-4)17(19)16-12(18)6-5-7-13(16)20-3/h5-9H,1-4H3. The highest BCUT2D eigenvalue weighted by Gasteiger charge is 2.24. The van der Waals surface area contributed by atoms with E-state index in [9.17, 15) is 9.18 Å². The summed E-state index contributed by atoms with van der Waals surface area (Å²) in [6, 6.07) is 7.93. The van der Waals surface area contributed by atoms with E-state index in [0.29, 0.717) is 11.3 Å². The summed E-state index contributed by atoms with van der Waals surface area (Å²) < 4.78 is 24.5. The number of rotatable bonds is 4. The molecule has 0 aromatic heterocycles. The van der Waals surface area contributed by atoms with Gasteiger partial charge in [-0.3, -0.25) is 4.79 Å². The van der Waals surface area contributed by atoms with Gasteiger partial charge in [-0.2, -0.15) is 0 Å². The van der Waals surface area contributed by atoms with Crippen molar-refractivity contribution in [2.75, 3.05) is 14.2 Å². The average molecular weight is 288 g/mol. The lowest BCUT2D eigenvalue weighted by molar-refractivity contribution is 0.102. The highest BCUT2D eigenvalue weighted by Crippen LogP contribution is 2.31. The second-order valence-corrected chi connectivity index (χ2v) is 4.81. The predicted octanol–water partition coefficient (Wildman–Crippen LogP) is 3.69. The Morgan fingerprint density at radius 3 is 2.29 bits per heavy atom. The summed E-state index contributed by atoms with van der Waals surface area (Å²) in [5.74, 6) is -0.412. The van der Waals surface area contributed by atoms with Crippen LogP contribution in [-0.2, 0) is 0 Å². The van der Waals surface area contributed by atoms with Gasteiger partial charge in [-0.25, -0.2) is 4.39 Å². The maximum absolute atomic E-state index is 14.1. The molecule has 0 fully saturated rings. The quantitative estimate of drug-likeness (QED) is 0.805. The van der Waals surface area contributed by atoms with Crippen LogP contribution in [0.25, 0.3) is 0 Å². The SMILES string of the molecule is COc1cc(C)cc(C)c1C(=O)c1c(F)cccc1OC. The molecule has 3 nitrogen and oxygen atoms in total. The van der Waals surface area contributed by atoms with Gasteiger partial charge >= 0.3 is 0 Å². The van der Waals surface area contributed by atoms with E-state index >= 15 is 0 Å².